The maximum absolute atomic E-state index is 12.1. The monoisotopic (exact) mass is 397 g/mol. The third-order valence-corrected chi connectivity index (χ3v) is 5.24. The van der Waals surface area contributed by atoms with Crippen LogP contribution in [0.1, 0.15) is 5.56 Å². The van der Waals surface area contributed by atoms with Crippen LogP contribution in [0.25, 0.3) is 10.9 Å². The molecule has 8 heteroatoms. The van der Waals surface area contributed by atoms with E-state index in [1.807, 2.05) is 48.7 Å². The van der Waals surface area contributed by atoms with Gasteiger partial charge in [0.1, 0.15) is 13.2 Å². The Morgan fingerprint density at radius 1 is 1.00 bits per heavy atom. The first-order valence-corrected chi connectivity index (χ1v) is 9.83. The van der Waals surface area contributed by atoms with Gasteiger partial charge >= 0.3 is 0 Å². The van der Waals surface area contributed by atoms with Crippen molar-refractivity contribution < 1.29 is 19.1 Å². The molecule has 144 valence electrons. The molecule has 0 saturated heterocycles. The zero-order chi connectivity index (χ0) is 19.3. The highest BCUT2D eigenvalue weighted by molar-refractivity contribution is 8.00. The smallest absolute Gasteiger partial charge is 0.248 e. The van der Waals surface area contributed by atoms with Crippen LogP contribution in [-0.2, 0) is 16.0 Å². The third kappa shape index (κ3) is 4.23. The normalized spacial score (nSPS) is 12.6. The number of H-pyrrole nitrogens is 1. The summed E-state index contributed by atoms with van der Waals surface area (Å²) < 4.78 is 11.0. The van der Waals surface area contributed by atoms with Crippen molar-refractivity contribution in [3.63, 3.8) is 0 Å². The number of carbonyl (C=O) groups is 2. The van der Waals surface area contributed by atoms with E-state index in [-0.39, 0.29) is 24.0 Å². The zero-order valence-corrected chi connectivity index (χ0v) is 15.8. The number of fused-ring (bicyclic) bond motifs is 2. The summed E-state index contributed by atoms with van der Waals surface area (Å²) in [4.78, 5) is 28.2. The van der Waals surface area contributed by atoms with E-state index in [0.717, 1.165) is 21.4 Å². The first-order chi connectivity index (χ1) is 13.7. The Morgan fingerprint density at radius 3 is 2.68 bits per heavy atom. The molecular formula is C20H19N3O4S. The second-order valence-corrected chi connectivity index (χ2v) is 7.28. The van der Waals surface area contributed by atoms with Crippen molar-refractivity contribution in [2.45, 2.75) is 11.3 Å². The van der Waals surface area contributed by atoms with Gasteiger partial charge in [-0.15, -0.1) is 11.8 Å². The summed E-state index contributed by atoms with van der Waals surface area (Å²) in [6.07, 6.45) is 1.99. The number of thioether (sulfide) groups is 1. The van der Waals surface area contributed by atoms with Gasteiger partial charge in [0.25, 0.3) is 0 Å². The number of ether oxygens (including phenoxy) is 2. The highest BCUT2D eigenvalue weighted by atomic mass is 32.2. The summed E-state index contributed by atoms with van der Waals surface area (Å²) in [5.74, 6) is 1.01. The van der Waals surface area contributed by atoms with Gasteiger partial charge in [0, 0.05) is 22.0 Å². The number of hydrazine groups is 1. The van der Waals surface area contributed by atoms with Crippen molar-refractivity contribution in [3.05, 3.63) is 54.2 Å². The van der Waals surface area contributed by atoms with E-state index >= 15 is 0 Å². The SMILES string of the molecule is O=C(CSc1ccc2c(c1)OCCO2)NNC(=O)Cc1c[nH]c2ccccc12. The Labute approximate surface area is 165 Å². The number of aromatic nitrogens is 1. The molecule has 2 amide bonds. The first kappa shape index (κ1) is 18.2. The minimum atomic E-state index is -0.285. The van der Waals surface area contributed by atoms with E-state index in [1.54, 1.807) is 0 Å². The van der Waals surface area contributed by atoms with Crippen LogP contribution < -0.4 is 20.3 Å². The minimum absolute atomic E-state index is 0.174. The second kappa shape index (κ2) is 8.26. The van der Waals surface area contributed by atoms with Crippen LogP contribution in [0.15, 0.2) is 53.6 Å². The molecule has 0 atom stereocenters. The Morgan fingerprint density at radius 2 is 1.79 bits per heavy atom. The summed E-state index contributed by atoms with van der Waals surface area (Å²) >= 11 is 1.36. The molecule has 28 heavy (non-hydrogen) atoms. The van der Waals surface area contributed by atoms with Gasteiger partial charge in [0.2, 0.25) is 11.8 Å². The quantitative estimate of drug-likeness (QED) is 0.454. The number of amides is 2. The second-order valence-electron chi connectivity index (χ2n) is 6.23. The molecule has 2 aromatic carbocycles. The molecule has 1 aliphatic rings. The Kier molecular flexibility index (Phi) is 5.38. The number of rotatable bonds is 5. The fourth-order valence-corrected chi connectivity index (χ4v) is 3.66. The number of benzene rings is 2. The molecule has 2 heterocycles. The lowest BCUT2D eigenvalue weighted by molar-refractivity contribution is -0.127. The lowest BCUT2D eigenvalue weighted by Gasteiger charge is -2.18. The summed E-state index contributed by atoms with van der Waals surface area (Å²) in [6, 6.07) is 13.3. The molecule has 0 spiro atoms. The molecule has 0 aliphatic carbocycles. The number of hydrogen-bond acceptors (Lipinski definition) is 5. The van der Waals surface area contributed by atoms with Crippen LogP contribution in [0, 0.1) is 0 Å². The van der Waals surface area contributed by atoms with Gasteiger partial charge < -0.3 is 14.5 Å². The average Bonchev–Trinajstić information content (AvgIpc) is 3.13. The molecule has 1 aromatic heterocycles. The molecule has 0 radical (unpaired) electrons. The average molecular weight is 397 g/mol. The highest BCUT2D eigenvalue weighted by Crippen LogP contribution is 2.34. The van der Waals surface area contributed by atoms with Crippen LogP contribution >= 0.6 is 11.8 Å². The molecule has 3 aromatic rings. The Hall–Kier alpha value is -3.13. The molecule has 3 N–H and O–H groups in total. The largest absolute Gasteiger partial charge is 0.486 e. The van der Waals surface area contributed by atoms with Crippen molar-refractivity contribution in [1.82, 2.24) is 15.8 Å². The van der Waals surface area contributed by atoms with Gasteiger partial charge in [-0.1, -0.05) is 18.2 Å². The van der Waals surface area contributed by atoms with Crippen LogP contribution in [0.5, 0.6) is 11.5 Å². The molecule has 4 rings (SSSR count). The fourth-order valence-electron chi connectivity index (χ4n) is 2.93. The van der Waals surface area contributed by atoms with E-state index in [9.17, 15) is 9.59 Å². The third-order valence-electron chi connectivity index (χ3n) is 4.25. The lowest BCUT2D eigenvalue weighted by atomic mass is 10.1. The number of para-hydroxylation sites is 1. The van der Waals surface area contributed by atoms with E-state index in [4.69, 9.17) is 9.47 Å². The first-order valence-electron chi connectivity index (χ1n) is 8.84. The summed E-state index contributed by atoms with van der Waals surface area (Å²) in [5.41, 5.74) is 6.77. The van der Waals surface area contributed by atoms with Gasteiger partial charge in [0.15, 0.2) is 11.5 Å². The summed E-state index contributed by atoms with van der Waals surface area (Å²) in [5, 5.41) is 0.998. The van der Waals surface area contributed by atoms with Gasteiger partial charge in [0.05, 0.1) is 12.2 Å². The van der Waals surface area contributed by atoms with Gasteiger partial charge in [-0.05, 0) is 29.8 Å². The zero-order valence-electron chi connectivity index (χ0n) is 15.0. The van der Waals surface area contributed by atoms with Crippen molar-refractivity contribution in [2.75, 3.05) is 19.0 Å². The number of aromatic amines is 1. The molecular weight excluding hydrogens is 378 g/mol. The number of carbonyl (C=O) groups excluding carboxylic acids is 2. The van der Waals surface area contributed by atoms with Crippen LogP contribution in [0.3, 0.4) is 0 Å². The standard InChI is InChI=1S/C20H19N3O4S/c24-19(9-13-11-21-16-4-2-1-3-15(13)16)22-23-20(25)12-28-14-5-6-17-18(10-14)27-8-7-26-17/h1-6,10-11,21H,7-9,12H2,(H,22,24)(H,23,25). The molecule has 0 fully saturated rings. The van der Waals surface area contributed by atoms with E-state index in [2.05, 4.69) is 15.8 Å². The lowest BCUT2D eigenvalue weighted by Crippen LogP contribution is -2.43. The van der Waals surface area contributed by atoms with Gasteiger partial charge in [-0.25, -0.2) is 0 Å². The fraction of sp³-hybridized carbons (Fsp3) is 0.200. The van der Waals surface area contributed by atoms with Crippen LogP contribution in [-0.4, -0.2) is 35.8 Å². The molecule has 0 saturated carbocycles. The Balaban J connectivity index is 1.24. The van der Waals surface area contributed by atoms with Crippen LogP contribution in [0.4, 0.5) is 0 Å². The maximum Gasteiger partial charge on any atom is 0.248 e. The number of hydrogen-bond donors (Lipinski definition) is 3. The predicted octanol–water partition coefficient (Wildman–Crippen LogP) is 2.42. The van der Waals surface area contributed by atoms with Crippen molar-refractivity contribution in [2.24, 2.45) is 0 Å². The van der Waals surface area contributed by atoms with Crippen molar-refractivity contribution in [1.29, 1.82) is 0 Å². The highest BCUT2D eigenvalue weighted by Gasteiger charge is 2.13. The molecule has 1 aliphatic heterocycles. The summed E-state index contributed by atoms with van der Waals surface area (Å²) in [7, 11) is 0. The van der Waals surface area contributed by atoms with Crippen molar-refractivity contribution >= 4 is 34.5 Å². The minimum Gasteiger partial charge on any atom is -0.486 e. The van der Waals surface area contributed by atoms with E-state index < -0.39 is 0 Å². The van der Waals surface area contributed by atoms with Crippen LogP contribution in [0.2, 0.25) is 0 Å². The van der Waals surface area contributed by atoms with E-state index in [1.165, 1.54) is 11.8 Å². The van der Waals surface area contributed by atoms with E-state index in [0.29, 0.717) is 24.7 Å². The molecule has 0 unspecified atom stereocenters. The summed E-state index contributed by atoms with van der Waals surface area (Å²) in [6.45, 7) is 1.06. The predicted molar refractivity (Wildman–Crippen MR) is 106 cm³/mol. The number of nitrogens with one attached hydrogen (secondary N) is 3. The Bertz CT molecular complexity index is 1020. The molecule has 7 nitrogen and oxygen atoms in total. The maximum atomic E-state index is 12.1. The topological polar surface area (TPSA) is 92.4 Å². The van der Waals surface area contributed by atoms with Crippen molar-refractivity contribution in [3.8, 4) is 11.5 Å². The molecule has 0 bridgehead atoms. The van der Waals surface area contributed by atoms with Gasteiger partial charge in [-0.2, -0.15) is 0 Å². The van der Waals surface area contributed by atoms with Gasteiger partial charge in [-0.3, -0.25) is 20.4 Å².